The molecule has 0 radical (unpaired) electrons. The molecule has 0 atom stereocenters. The van der Waals surface area contributed by atoms with Crippen molar-refractivity contribution in [2.45, 2.75) is 25.8 Å². The number of nitrogens with zero attached hydrogens (tertiary/aromatic N) is 2. The molecule has 6 heteroatoms. The Labute approximate surface area is 163 Å². The third-order valence-electron chi connectivity index (χ3n) is 6.19. The van der Waals surface area contributed by atoms with Crippen LogP contribution in [0, 0.1) is 5.41 Å². The summed E-state index contributed by atoms with van der Waals surface area (Å²) >= 11 is 0. The molecular formula is C22H23N3O3. The molecule has 0 unspecified atom stereocenters. The first-order valence-electron chi connectivity index (χ1n) is 9.81. The van der Waals surface area contributed by atoms with E-state index in [0.717, 1.165) is 30.7 Å². The lowest BCUT2D eigenvalue weighted by atomic mass is 9.77. The Kier molecular flexibility index (Phi) is 4.00. The molecule has 2 aromatic heterocycles. The lowest BCUT2D eigenvalue weighted by Crippen LogP contribution is -2.43. The van der Waals surface area contributed by atoms with Gasteiger partial charge in [-0.1, -0.05) is 18.2 Å². The Bertz CT molecular complexity index is 1040. The van der Waals surface area contributed by atoms with Crippen molar-refractivity contribution in [3.8, 4) is 0 Å². The number of benzene rings is 1. The highest BCUT2D eigenvalue weighted by Gasteiger charge is 2.42. The fraction of sp³-hybridized carbons (Fsp3) is 0.364. The van der Waals surface area contributed by atoms with Crippen molar-refractivity contribution in [2.24, 2.45) is 5.41 Å². The van der Waals surface area contributed by atoms with E-state index in [-0.39, 0.29) is 17.2 Å². The van der Waals surface area contributed by atoms with Gasteiger partial charge in [-0.2, -0.15) is 0 Å². The molecule has 2 aliphatic heterocycles. The summed E-state index contributed by atoms with van der Waals surface area (Å²) in [5.41, 5.74) is 1.19. The van der Waals surface area contributed by atoms with Gasteiger partial charge in [0.2, 0.25) is 5.91 Å². The second kappa shape index (κ2) is 6.55. The van der Waals surface area contributed by atoms with Crippen molar-refractivity contribution in [2.75, 3.05) is 19.6 Å². The zero-order chi connectivity index (χ0) is 19.1. The molecule has 4 heterocycles. The summed E-state index contributed by atoms with van der Waals surface area (Å²) in [6, 6.07) is 13.9. The van der Waals surface area contributed by atoms with Gasteiger partial charge in [0.05, 0.1) is 6.54 Å². The highest BCUT2D eigenvalue weighted by atomic mass is 16.4. The molecule has 2 saturated heterocycles. The minimum atomic E-state index is -0.0595. The van der Waals surface area contributed by atoms with Crippen LogP contribution in [-0.2, 0) is 11.3 Å². The van der Waals surface area contributed by atoms with Gasteiger partial charge < -0.3 is 19.2 Å². The topological polar surface area (TPSA) is 67.5 Å². The van der Waals surface area contributed by atoms with Crippen LogP contribution >= 0.6 is 0 Å². The molecule has 2 amide bonds. The van der Waals surface area contributed by atoms with Crippen LogP contribution in [0.15, 0.2) is 53.1 Å². The van der Waals surface area contributed by atoms with Crippen molar-refractivity contribution in [1.29, 1.82) is 0 Å². The highest BCUT2D eigenvalue weighted by molar-refractivity contribution is 5.91. The van der Waals surface area contributed by atoms with E-state index >= 15 is 0 Å². The average molecular weight is 377 g/mol. The van der Waals surface area contributed by atoms with E-state index in [9.17, 15) is 9.59 Å². The van der Waals surface area contributed by atoms with Crippen molar-refractivity contribution in [1.82, 2.24) is 14.8 Å². The first-order valence-corrected chi connectivity index (χ1v) is 9.81. The number of nitrogens with one attached hydrogen (secondary N) is 1. The monoisotopic (exact) mass is 377 g/mol. The SMILES string of the molecule is O=C1CC2(CCN(C(=O)c3ccc(Cn4ccc5ccccc54)o3)CC2)CN1. The first-order chi connectivity index (χ1) is 13.6. The number of rotatable bonds is 3. The van der Waals surface area contributed by atoms with Gasteiger partial charge in [-0.15, -0.1) is 0 Å². The van der Waals surface area contributed by atoms with Crippen LogP contribution in [0.1, 0.15) is 35.6 Å². The van der Waals surface area contributed by atoms with Crippen LogP contribution < -0.4 is 5.32 Å². The minimum absolute atomic E-state index is 0.0394. The number of carbonyl (C=O) groups is 2. The van der Waals surface area contributed by atoms with Crippen LogP contribution in [0.3, 0.4) is 0 Å². The fourth-order valence-corrected chi connectivity index (χ4v) is 4.47. The summed E-state index contributed by atoms with van der Waals surface area (Å²) in [5.74, 6) is 1.23. The van der Waals surface area contributed by atoms with Crippen molar-refractivity contribution >= 4 is 22.7 Å². The number of amides is 2. The van der Waals surface area contributed by atoms with Crippen molar-refractivity contribution < 1.29 is 14.0 Å². The Morgan fingerprint density at radius 1 is 1.11 bits per heavy atom. The number of fused-ring (bicyclic) bond motifs is 1. The standard InChI is InChI=1S/C22H23N3O3/c26-20-13-22(15-23-20)8-11-24(12-9-22)21(27)19-6-5-17(28-19)14-25-10-7-16-3-1-2-4-18(16)25/h1-7,10H,8-9,11-15H2,(H,23,26). The quantitative estimate of drug-likeness (QED) is 0.763. The minimum Gasteiger partial charge on any atom is -0.454 e. The third-order valence-corrected chi connectivity index (χ3v) is 6.19. The number of hydrogen-bond donors (Lipinski definition) is 1. The van der Waals surface area contributed by atoms with Gasteiger partial charge in [0.25, 0.3) is 5.91 Å². The predicted molar refractivity (Wildman–Crippen MR) is 105 cm³/mol. The maximum atomic E-state index is 12.8. The van der Waals surface area contributed by atoms with Crippen LogP contribution in [0.2, 0.25) is 0 Å². The molecule has 144 valence electrons. The van der Waals surface area contributed by atoms with E-state index in [2.05, 4.69) is 28.1 Å². The van der Waals surface area contributed by atoms with Gasteiger partial charge in [-0.25, -0.2) is 0 Å². The molecule has 2 fully saturated rings. The molecule has 0 bridgehead atoms. The van der Waals surface area contributed by atoms with Gasteiger partial charge >= 0.3 is 0 Å². The largest absolute Gasteiger partial charge is 0.454 e. The lowest BCUT2D eigenvalue weighted by Gasteiger charge is -2.37. The van der Waals surface area contributed by atoms with Crippen LogP contribution in [0.4, 0.5) is 0 Å². The maximum absolute atomic E-state index is 12.8. The maximum Gasteiger partial charge on any atom is 0.289 e. The van der Waals surface area contributed by atoms with Gasteiger partial charge in [-0.3, -0.25) is 9.59 Å². The summed E-state index contributed by atoms with van der Waals surface area (Å²) in [4.78, 5) is 26.2. The molecule has 1 aromatic carbocycles. The fourth-order valence-electron chi connectivity index (χ4n) is 4.47. The smallest absolute Gasteiger partial charge is 0.289 e. The molecule has 6 nitrogen and oxygen atoms in total. The first kappa shape index (κ1) is 17.1. The molecular weight excluding hydrogens is 354 g/mol. The number of furan rings is 1. The summed E-state index contributed by atoms with van der Waals surface area (Å²) in [7, 11) is 0. The Hall–Kier alpha value is -3.02. The van der Waals surface area contributed by atoms with Crippen LogP contribution in [-0.4, -0.2) is 40.9 Å². The van der Waals surface area contributed by atoms with E-state index in [0.29, 0.717) is 31.8 Å². The number of piperidine rings is 1. The summed E-state index contributed by atoms with van der Waals surface area (Å²) in [6.45, 7) is 2.68. The molecule has 2 aliphatic rings. The summed E-state index contributed by atoms with van der Waals surface area (Å²) in [6.07, 6.45) is 4.35. The zero-order valence-electron chi connectivity index (χ0n) is 15.7. The van der Waals surface area contributed by atoms with Gasteiger partial charge in [0, 0.05) is 37.8 Å². The molecule has 5 rings (SSSR count). The van der Waals surface area contributed by atoms with Gasteiger partial charge in [0.15, 0.2) is 5.76 Å². The lowest BCUT2D eigenvalue weighted by molar-refractivity contribution is -0.119. The summed E-state index contributed by atoms with van der Waals surface area (Å²) < 4.78 is 8.00. The van der Waals surface area contributed by atoms with Crippen LogP contribution in [0.5, 0.6) is 0 Å². The Balaban J connectivity index is 1.26. The number of carbonyl (C=O) groups excluding carboxylic acids is 2. The normalized spacial score (nSPS) is 18.7. The molecule has 28 heavy (non-hydrogen) atoms. The zero-order valence-corrected chi connectivity index (χ0v) is 15.7. The molecule has 0 aliphatic carbocycles. The van der Waals surface area contributed by atoms with E-state index in [1.165, 1.54) is 5.39 Å². The highest BCUT2D eigenvalue weighted by Crippen LogP contribution is 2.37. The Morgan fingerprint density at radius 3 is 2.71 bits per heavy atom. The number of hydrogen-bond acceptors (Lipinski definition) is 3. The predicted octanol–water partition coefficient (Wildman–Crippen LogP) is 3.02. The summed E-state index contributed by atoms with van der Waals surface area (Å²) in [5, 5.41) is 4.12. The van der Waals surface area contributed by atoms with E-state index in [1.54, 1.807) is 6.07 Å². The second-order valence-corrected chi connectivity index (χ2v) is 8.01. The average Bonchev–Trinajstić information content (AvgIpc) is 3.43. The van der Waals surface area contributed by atoms with E-state index in [4.69, 9.17) is 4.42 Å². The van der Waals surface area contributed by atoms with Gasteiger partial charge in [-0.05, 0) is 47.9 Å². The number of aromatic nitrogens is 1. The molecule has 3 aromatic rings. The molecule has 0 saturated carbocycles. The Morgan fingerprint density at radius 2 is 1.93 bits per heavy atom. The second-order valence-electron chi connectivity index (χ2n) is 8.01. The van der Waals surface area contributed by atoms with Crippen molar-refractivity contribution in [3.05, 3.63) is 60.2 Å². The third kappa shape index (κ3) is 2.99. The number of para-hydroxylation sites is 1. The van der Waals surface area contributed by atoms with Gasteiger partial charge in [0.1, 0.15) is 5.76 Å². The van der Waals surface area contributed by atoms with Crippen LogP contribution in [0.25, 0.3) is 10.9 Å². The number of likely N-dealkylation sites (tertiary alicyclic amines) is 1. The van der Waals surface area contributed by atoms with E-state index < -0.39 is 0 Å². The van der Waals surface area contributed by atoms with E-state index in [1.807, 2.05) is 29.3 Å². The van der Waals surface area contributed by atoms with Crippen molar-refractivity contribution in [3.63, 3.8) is 0 Å². The molecule has 1 spiro atoms. The molecule has 1 N–H and O–H groups in total.